The third-order valence-electron chi connectivity index (χ3n) is 3.24. The molecule has 3 N–H and O–H groups in total. The second-order valence-electron chi connectivity index (χ2n) is 5.14. The van der Waals surface area contributed by atoms with Crippen LogP contribution in [0.1, 0.15) is 43.7 Å². The summed E-state index contributed by atoms with van der Waals surface area (Å²) in [6.07, 6.45) is -3.34. The summed E-state index contributed by atoms with van der Waals surface area (Å²) in [5.41, 5.74) is 5.24. The minimum absolute atomic E-state index is 0.0288. The molecule has 0 bridgehead atoms. The van der Waals surface area contributed by atoms with Gasteiger partial charge in [-0.1, -0.05) is 25.1 Å². The van der Waals surface area contributed by atoms with Gasteiger partial charge in [0.15, 0.2) is 0 Å². The van der Waals surface area contributed by atoms with Gasteiger partial charge in [0.25, 0.3) is 0 Å². The summed E-state index contributed by atoms with van der Waals surface area (Å²) in [6, 6.07) is 4.90. The number of nitrogens with one attached hydrogen (secondary N) is 1. The highest BCUT2D eigenvalue weighted by Gasteiger charge is 2.31. The van der Waals surface area contributed by atoms with Crippen molar-refractivity contribution in [2.75, 3.05) is 6.54 Å². The Labute approximate surface area is 122 Å². The van der Waals surface area contributed by atoms with E-state index in [4.69, 9.17) is 5.73 Å². The first-order valence-corrected chi connectivity index (χ1v) is 6.96. The van der Waals surface area contributed by atoms with Crippen LogP contribution in [0.4, 0.5) is 13.2 Å². The van der Waals surface area contributed by atoms with Crippen molar-refractivity contribution < 1.29 is 18.0 Å². The Morgan fingerprint density at radius 3 is 2.57 bits per heavy atom. The molecule has 1 rings (SSSR count). The monoisotopic (exact) mass is 302 g/mol. The highest BCUT2D eigenvalue weighted by molar-refractivity contribution is 5.83. The lowest BCUT2D eigenvalue weighted by molar-refractivity contribution is -0.137. The van der Waals surface area contributed by atoms with Crippen LogP contribution >= 0.6 is 0 Å². The maximum Gasteiger partial charge on any atom is 0.416 e. The highest BCUT2D eigenvalue weighted by atomic mass is 19.4. The quantitative estimate of drug-likeness (QED) is 0.848. The SMILES string of the molecule is CCC(C(=O)NCCC(C)N)c1cccc(C(F)(F)F)c1. The summed E-state index contributed by atoms with van der Waals surface area (Å²) >= 11 is 0. The molecule has 1 aromatic carbocycles. The van der Waals surface area contributed by atoms with Crippen LogP contribution in [0.25, 0.3) is 0 Å². The lowest BCUT2D eigenvalue weighted by Gasteiger charge is -2.17. The van der Waals surface area contributed by atoms with E-state index in [1.165, 1.54) is 6.07 Å². The molecule has 0 aliphatic heterocycles. The molecule has 2 unspecified atom stereocenters. The Morgan fingerprint density at radius 1 is 1.38 bits per heavy atom. The Morgan fingerprint density at radius 2 is 2.05 bits per heavy atom. The van der Waals surface area contributed by atoms with Gasteiger partial charge >= 0.3 is 6.18 Å². The molecular weight excluding hydrogens is 281 g/mol. The average molecular weight is 302 g/mol. The predicted octanol–water partition coefficient (Wildman–Crippen LogP) is 3.05. The van der Waals surface area contributed by atoms with Crippen molar-refractivity contribution in [3.8, 4) is 0 Å². The van der Waals surface area contributed by atoms with Gasteiger partial charge in [0.1, 0.15) is 0 Å². The van der Waals surface area contributed by atoms with Crippen LogP contribution in [0.5, 0.6) is 0 Å². The molecule has 0 aliphatic carbocycles. The maximum atomic E-state index is 12.7. The first-order valence-electron chi connectivity index (χ1n) is 6.96. The van der Waals surface area contributed by atoms with Crippen LogP contribution in [0, 0.1) is 0 Å². The molecule has 0 saturated carbocycles. The molecule has 1 aromatic rings. The molecule has 0 radical (unpaired) electrons. The van der Waals surface area contributed by atoms with Crippen LogP contribution in [-0.2, 0) is 11.0 Å². The summed E-state index contributed by atoms with van der Waals surface area (Å²) < 4.78 is 38.1. The summed E-state index contributed by atoms with van der Waals surface area (Å²) in [6.45, 7) is 4.03. The van der Waals surface area contributed by atoms with Crippen molar-refractivity contribution in [3.63, 3.8) is 0 Å². The van der Waals surface area contributed by atoms with Gasteiger partial charge in [-0.3, -0.25) is 4.79 Å². The molecule has 0 spiro atoms. The molecule has 21 heavy (non-hydrogen) atoms. The predicted molar refractivity (Wildman–Crippen MR) is 75.8 cm³/mol. The largest absolute Gasteiger partial charge is 0.416 e. The molecule has 118 valence electrons. The normalized spacial score (nSPS) is 14.6. The lowest BCUT2D eigenvalue weighted by atomic mass is 9.94. The number of carbonyl (C=O) groups is 1. The summed E-state index contributed by atoms with van der Waals surface area (Å²) in [7, 11) is 0. The zero-order valence-corrected chi connectivity index (χ0v) is 12.2. The van der Waals surface area contributed by atoms with Crippen LogP contribution in [-0.4, -0.2) is 18.5 Å². The molecule has 3 nitrogen and oxygen atoms in total. The molecule has 0 fully saturated rings. The Balaban J connectivity index is 2.82. The van der Waals surface area contributed by atoms with Gasteiger partial charge in [-0.05, 0) is 31.4 Å². The van der Waals surface area contributed by atoms with Gasteiger partial charge in [-0.2, -0.15) is 13.2 Å². The minimum Gasteiger partial charge on any atom is -0.356 e. The van der Waals surface area contributed by atoms with Crippen molar-refractivity contribution in [2.45, 2.75) is 44.8 Å². The number of hydrogen-bond donors (Lipinski definition) is 2. The van der Waals surface area contributed by atoms with Crippen LogP contribution in [0.3, 0.4) is 0 Å². The van der Waals surface area contributed by atoms with E-state index in [0.29, 0.717) is 24.9 Å². The number of rotatable bonds is 6. The fourth-order valence-corrected chi connectivity index (χ4v) is 2.05. The molecule has 0 aliphatic rings. The molecule has 0 aromatic heterocycles. The van der Waals surface area contributed by atoms with E-state index in [1.54, 1.807) is 13.0 Å². The maximum absolute atomic E-state index is 12.7. The zero-order valence-electron chi connectivity index (χ0n) is 12.2. The lowest BCUT2D eigenvalue weighted by Crippen LogP contribution is -2.32. The van der Waals surface area contributed by atoms with Crippen LogP contribution < -0.4 is 11.1 Å². The fourth-order valence-electron chi connectivity index (χ4n) is 2.05. The molecule has 2 atom stereocenters. The zero-order chi connectivity index (χ0) is 16.0. The number of halogens is 3. The van der Waals surface area contributed by atoms with Gasteiger partial charge in [-0.25, -0.2) is 0 Å². The van der Waals surface area contributed by atoms with E-state index >= 15 is 0 Å². The molecular formula is C15H21F3N2O. The second kappa shape index (κ2) is 7.45. The van der Waals surface area contributed by atoms with Crippen molar-refractivity contribution in [1.82, 2.24) is 5.32 Å². The number of hydrogen-bond acceptors (Lipinski definition) is 2. The summed E-state index contributed by atoms with van der Waals surface area (Å²) in [5.74, 6) is -0.849. The molecule has 6 heteroatoms. The fraction of sp³-hybridized carbons (Fsp3) is 0.533. The van der Waals surface area contributed by atoms with Gasteiger partial charge < -0.3 is 11.1 Å². The smallest absolute Gasteiger partial charge is 0.356 e. The summed E-state index contributed by atoms with van der Waals surface area (Å²) in [4.78, 5) is 12.1. The van der Waals surface area contributed by atoms with Gasteiger partial charge in [0.2, 0.25) is 5.91 Å². The second-order valence-corrected chi connectivity index (χ2v) is 5.14. The van der Waals surface area contributed by atoms with Crippen LogP contribution in [0.2, 0.25) is 0 Å². The average Bonchev–Trinajstić information content (AvgIpc) is 2.38. The minimum atomic E-state index is -4.40. The van der Waals surface area contributed by atoms with Crippen molar-refractivity contribution in [1.29, 1.82) is 0 Å². The standard InChI is InChI=1S/C15H21F3N2O/c1-3-13(14(21)20-8-7-10(2)19)11-5-4-6-12(9-11)15(16,17)18/h4-6,9-10,13H,3,7-8,19H2,1-2H3,(H,20,21). The third kappa shape index (κ3) is 5.38. The Bertz CT molecular complexity index is 472. The molecule has 0 heterocycles. The molecule has 0 saturated heterocycles. The number of alkyl halides is 3. The first-order chi connectivity index (χ1) is 9.75. The van der Waals surface area contributed by atoms with Crippen molar-refractivity contribution >= 4 is 5.91 Å². The Hall–Kier alpha value is -1.56. The van der Waals surface area contributed by atoms with E-state index in [-0.39, 0.29) is 11.9 Å². The van der Waals surface area contributed by atoms with Crippen molar-refractivity contribution in [3.05, 3.63) is 35.4 Å². The topological polar surface area (TPSA) is 55.1 Å². The van der Waals surface area contributed by atoms with E-state index in [0.717, 1.165) is 12.1 Å². The highest BCUT2D eigenvalue weighted by Crippen LogP contribution is 2.31. The number of amides is 1. The van der Waals surface area contributed by atoms with E-state index in [2.05, 4.69) is 5.32 Å². The van der Waals surface area contributed by atoms with E-state index < -0.39 is 17.7 Å². The summed E-state index contributed by atoms with van der Waals surface area (Å²) in [5, 5.41) is 2.72. The van der Waals surface area contributed by atoms with Crippen molar-refractivity contribution in [2.24, 2.45) is 5.73 Å². The van der Waals surface area contributed by atoms with E-state index in [1.807, 2.05) is 6.92 Å². The van der Waals surface area contributed by atoms with Gasteiger partial charge in [-0.15, -0.1) is 0 Å². The van der Waals surface area contributed by atoms with Gasteiger partial charge in [0, 0.05) is 12.6 Å². The number of nitrogens with two attached hydrogens (primary N) is 1. The molecule has 1 amide bonds. The van der Waals surface area contributed by atoms with Gasteiger partial charge in [0.05, 0.1) is 11.5 Å². The van der Waals surface area contributed by atoms with E-state index in [9.17, 15) is 18.0 Å². The Kier molecular flexibility index (Phi) is 6.20. The third-order valence-corrected chi connectivity index (χ3v) is 3.24. The first kappa shape index (κ1) is 17.5. The van der Waals surface area contributed by atoms with Crippen LogP contribution in [0.15, 0.2) is 24.3 Å². The number of carbonyl (C=O) groups excluding carboxylic acids is 1. The number of benzene rings is 1.